The van der Waals surface area contributed by atoms with Gasteiger partial charge in [0.05, 0.1) is 12.2 Å². The number of hydrogen-bond donors (Lipinski definition) is 2. The zero-order chi connectivity index (χ0) is 22.1. The van der Waals surface area contributed by atoms with Gasteiger partial charge in [-0.3, -0.25) is 4.79 Å². The van der Waals surface area contributed by atoms with Crippen LogP contribution in [0, 0.1) is 0 Å². The van der Waals surface area contributed by atoms with Gasteiger partial charge in [-0.1, -0.05) is 30.3 Å². The first-order valence-electron chi connectivity index (χ1n) is 11.6. The molecule has 2 aliphatic heterocycles. The third-order valence-corrected chi connectivity index (χ3v) is 7.18. The Morgan fingerprint density at radius 3 is 2.44 bits per heavy atom. The second-order valence-electron chi connectivity index (χ2n) is 9.47. The van der Waals surface area contributed by atoms with Gasteiger partial charge in [0.25, 0.3) is 0 Å². The highest BCUT2D eigenvalue weighted by Gasteiger charge is 2.46. The monoisotopic (exact) mass is 433 g/mol. The lowest BCUT2D eigenvalue weighted by Gasteiger charge is -2.38. The van der Waals surface area contributed by atoms with Gasteiger partial charge in [0.2, 0.25) is 0 Å². The average molecular weight is 434 g/mol. The van der Waals surface area contributed by atoms with Gasteiger partial charge in [-0.25, -0.2) is 4.79 Å². The van der Waals surface area contributed by atoms with Gasteiger partial charge >= 0.3 is 6.03 Å². The van der Waals surface area contributed by atoms with Crippen LogP contribution in [-0.4, -0.2) is 54.1 Å². The maximum Gasteiger partial charge on any atom is 0.321 e. The molecule has 2 heterocycles. The molecule has 2 amide bonds. The second kappa shape index (κ2) is 8.68. The molecule has 1 spiro atoms. The molecular weight excluding hydrogens is 402 g/mol. The summed E-state index contributed by atoms with van der Waals surface area (Å²) < 4.78 is 6.29. The Labute approximate surface area is 189 Å². The van der Waals surface area contributed by atoms with E-state index in [9.17, 15) is 9.59 Å². The normalized spacial score (nSPS) is 26.2. The smallest absolute Gasteiger partial charge is 0.321 e. The number of nitrogens with one attached hydrogen (secondary N) is 2. The molecular formula is C26H31N3O3. The number of nitrogens with zero attached hydrogens (tertiary/aromatic N) is 1. The molecule has 6 nitrogen and oxygen atoms in total. The highest BCUT2D eigenvalue weighted by molar-refractivity contribution is 5.95. The lowest BCUT2D eigenvalue weighted by atomic mass is 9.87. The van der Waals surface area contributed by atoms with Crippen LogP contribution in [0.25, 0.3) is 0 Å². The number of carbonyl (C=O) groups is 2. The zero-order valence-corrected chi connectivity index (χ0v) is 18.5. The van der Waals surface area contributed by atoms with Crippen LogP contribution < -0.4 is 10.6 Å². The first-order valence-corrected chi connectivity index (χ1v) is 11.6. The Morgan fingerprint density at radius 2 is 1.75 bits per heavy atom. The number of benzene rings is 2. The van der Waals surface area contributed by atoms with Gasteiger partial charge in [-0.15, -0.1) is 0 Å². The highest BCUT2D eigenvalue weighted by atomic mass is 16.5. The third kappa shape index (κ3) is 4.57. The summed E-state index contributed by atoms with van der Waals surface area (Å²) in [6, 6.07) is 18.6. The molecule has 3 fully saturated rings. The maximum absolute atomic E-state index is 12.7. The van der Waals surface area contributed by atoms with Gasteiger partial charge in [0.1, 0.15) is 0 Å². The van der Waals surface area contributed by atoms with E-state index in [1.165, 1.54) is 18.9 Å². The molecule has 2 aromatic carbocycles. The van der Waals surface area contributed by atoms with Gasteiger partial charge in [0.15, 0.2) is 5.78 Å². The molecule has 2 aromatic rings. The third-order valence-electron chi connectivity index (χ3n) is 7.18. The summed E-state index contributed by atoms with van der Waals surface area (Å²) in [5, 5.41) is 6.75. The van der Waals surface area contributed by atoms with Crippen molar-refractivity contribution in [2.45, 2.75) is 56.2 Å². The number of likely N-dealkylation sites (tertiary alicyclic amines) is 1. The van der Waals surface area contributed by atoms with E-state index in [4.69, 9.17) is 4.74 Å². The topological polar surface area (TPSA) is 70.7 Å². The van der Waals surface area contributed by atoms with E-state index >= 15 is 0 Å². The number of rotatable bonds is 5. The number of hydrogen-bond acceptors (Lipinski definition) is 4. The van der Waals surface area contributed by atoms with Crippen LogP contribution in [0.5, 0.6) is 0 Å². The summed E-state index contributed by atoms with van der Waals surface area (Å²) in [4.78, 5) is 25.9. The van der Waals surface area contributed by atoms with E-state index in [2.05, 4.69) is 41.0 Å². The van der Waals surface area contributed by atoms with Crippen LogP contribution in [0.4, 0.5) is 10.5 Å². The molecule has 0 aromatic heterocycles. The fourth-order valence-electron chi connectivity index (χ4n) is 5.16. The number of ketones is 1. The van der Waals surface area contributed by atoms with Crippen molar-refractivity contribution in [3.8, 4) is 0 Å². The van der Waals surface area contributed by atoms with E-state index in [1.807, 2.05) is 4.90 Å². The molecule has 0 bridgehead atoms. The standard InChI is InChI=1S/C26H31N3O3/c1-18(30)19-7-9-21(10-8-19)28-25(31)29-13-11-26(12-14-29)16-22(17-32-26)27-24-15-23(24)20-5-3-2-4-6-20/h2-10,22-24,27H,11-17H2,1H3,(H,28,31)/t22?,23-,24+/m0/s1. The van der Waals surface area contributed by atoms with Crippen molar-refractivity contribution in [1.82, 2.24) is 10.2 Å². The summed E-state index contributed by atoms with van der Waals surface area (Å²) in [6.07, 6.45) is 3.96. The van der Waals surface area contributed by atoms with Crippen molar-refractivity contribution < 1.29 is 14.3 Å². The Bertz CT molecular complexity index is 968. The molecule has 2 N–H and O–H groups in total. The summed E-state index contributed by atoms with van der Waals surface area (Å²) in [5.74, 6) is 0.647. The fourth-order valence-corrected chi connectivity index (χ4v) is 5.16. The van der Waals surface area contributed by atoms with Crippen LogP contribution in [0.15, 0.2) is 54.6 Å². The largest absolute Gasteiger partial charge is 0.373 e. The predicted molar refractivity (Wildman–Crippen MR) is 124 cm³/mol. The summed E-state index contributed by atoms with van der Waals surface area (Å²) in [5.41, 5.74) is 2.67. The van der Waals surface area contributed by atoms with E-state index in [-0.39, 0.29) is 17.4 Å². The minimum absolute atomic E-state index is 0.0193. The molecule has 2 saturated heterocycles. The number of anilines is 1. The molecule has 168 valence electrons. The zero-order valence-electron chi connectivity index (χ0n) is 18.5. The van der Waals surface area contributed by atoms with E-state index < -0.39 is 0 Å². The van der Waals surface area contributed by atoms with Gasteiger partial charge in [-0.05, 0) is 62.4 Å². The summed E-state index contributed by atoms with van der Waals surface area (Å²) >= 11 is 0. The molecule has 1 saturated carbocycles. The van der Waals surface area contributed by atoms with Crippen LogP contribution in [0.3, 0.4) is 0 Å². The molecule has 3 atom stereocenters. The van der Waals surface area contributed by atoms with Crippen molar-refractivity contribution in [2.24, 2.45) is 0 Å². The lowest BCUT2D eigenvalue weighted by Crippen LogP contribution is -2.48. The number of ether oxygens (including phenoxy) is 1. The average Bonchev–Trinajstić information content (AvgIpc) is 3.47. The Morgan fingerprint density at radius 1 is 1.03 bits per heavy atom. The molecule has 6 heteroatoms. The van der Waals surface area contributed by atoms with Crippen molar-refractivity contribution in [2.75, 3.05) is 25.0 Å². The van der Waals surface area contributed by atoms with Gasteiger partial charge in [-0.2, -0.15) is 0 Å². The molecule has 3 aliphatic rings. The van der Waals surface area contributed by atoms with Crippen molar-refractivity contribution in [3.05, 3.63) is 65.7 Å². The SMILES string of the molecule is CC(=O)c1ccc(NC(=O)N2CCC3(CC2)CC(N[C@@H]2C[C@H]2c2ccccc2)CO3)cc1. The quantitative estimate of drug-likeness (QED) is 0.694. The van der Waals surface area contributed by atoms with E-state index in [1.54, 1.807) is 24.3 Å². The second-order valence-corrected chi connectivity index (χ2v) is 9.47. The minimum Gasteiger partial charge on any atom is -0.373 e. The molecule has 0 radical (unpaired) electrons. The predicted octanol–water partition coefficient (Wildman–Crippen LogP) is 4.19. The summed E-state index contributed by atoms with van der Waals surface area (Å²) in [7, 11) is 0. The fraction of sp³-hybridized carbons (Fsp3) is 0.462. The highest BCUT2D eigenvalue weighted by Crippen LogP contribution is 2.43. The Hall–Kier alpha value is -2.70. The summed E-state index contributed by atoms with van der Waals surface area (Å²) in [6.45, 7) is 3.68. The van der Waals surface area contributed by atoms with Gasteiger partial charge in [0, 0.05) is 42.3 Å². The van der Waals surface area contributed by atoms with Crippen LogP contribution >= 0.6 is 0 Å². The number of amides is 2. The molecule has 1 aliphatic carbocycles. The Balaban J connectivity index is 1.08. The van der Waals surface area contributed by atoms with E-state index in [0.29, 0.717) is 42.3 Å². The van der Waals surface area contributed by atoms with Crippen molar-refractivity contribution in [3.63, 3.8) is 0 Å². The Kier molecular flexibility index (Phi) is 5.74. The number of urea groups is 1. The number of Topliss-reactive ketones (excluding diaryl/α,β-unsaturated/α-hetero) is 1. The number of piperidine rings is 1. The first kappa shape index (κ1) is 21.2. The van der Waals surface area contributed by atoms with Crippen molar-refractivity contribution >= 4 is 17.5 Å². The first-order chi connectivity index (χ1) is 15.5. The lowest BCUT2D eigenvalue weighted by molar-refractivity contribution is -0.0355. The number of carbonyl (C=O) groups excluding carboxylic acids is 2. The maximum atomic E-state index is 12.7. The van der Waals surface area contributed by atoms with Crippen molar-refractivity contribution in [1.29, 1.82) is 0 Å². The van der Waals surface area contributed by atoms with Crippen LogP contribution in [0.1, 0.15) is 54.4 Å². The minimum atomic E-state index is -0.102. The van der Waals surface area contributed by atoms with Gasteiger partial charge < -0.3 is 20.3 Å². The van der Waals surface area contributed by atoms with Crippen LogP contribution in [-0.2, 0) is 4.74 Å². The van der Waals surface area contributed by atoms with Crippen LogP contribution in [0.2, 0.25) is 0 Å². The molecule has 1 unspecified atom stereocenters. The van der Waals surface area contributed by atoms with E-state index in [0.717, 1.165) is 25.9 Å². The molecule has 32 heavy (non-hydrogen) atoms. The molecule has 5 rings (SSSR count).